The normalized spacial score (nSPS) is 13.8. The minimum Gasteiger partial charge on any atom is -0.501 e. The summed E-state index contributed by atoms with van der Waals surface area (Å²) < 4.78 is 16.3. The van der Waals surface area contributed by atoms with Crippen molar-refractivity contribution in [2.45, 2.75) is 46.6 Å². The Morgan fingerprint density at radius 1 is 0.957 bits per heavy atom. The minimum atomic E-state index is 0.229. The maximum absolute atomic E-state index is 5.59. The Labute approximate surface area is 141 Å². The lowest BCUT2D eigenvalue weighted by atomic mass is 10.0. The molecule has 3 nitrogen and oxygen atoms in total. The van der Waals surface area contributed by atoms with Crippen LogP contribution in [-0.4, -0.2) is 26.4 Å². The molecule has 0 aliphatic carbocycles. The zero-order chi connectivity index (χ0) is 17.1. The molecule has 0 aliphatic heterocycles. The van der Waals surface area contributed by atoms with Crippen molar-refractivity contribution in [1.29, 1.82) is 0 Å². The monoisotopic (exact) mass is 318 g/mol. The van der Waals surface area contributed by atoms with E-state index in [2.05, 4.69) is 45.0 Å². The third-order valence-corrected chi connectivity index (χ3v) is 3.68. The molecule has 1 unspecified atom stereocenters. The lowest BCUT2D eigenvalue weighted by Crippen LogP contribution is -2.07. The fourth-order valence-corrected chi connectivity index (χ4v) is 1.97. The van der Waals surface area contributed by atoms with Crippen LogP contribution in [0, 0.1) is 0 Å². The molecule has 128 valence electrons. The molecule has 0 fully saturated rings. The molecule has 1 rings (SSSR count). The highest BCUT2D eigenvalue weighted by atomic mass is 16.5. The van der Waals surface area contributed by atoms with Crippen LogP contribution >= 0.6 is 0 Å². The molecule has 0 N–H and O–H groups in total. The smallest absolute Gasteiger partial charge is 0.0898 e. The van der Waals surface area contributed by atoms with Crippen LogP contribution in [0.3, 0.4) is 0 Å². The molecule has 1 atom stereocenters. The lowest BCUT2D eigenvalue weighted by Gasteiger charge is -2.09. The van der Waals surface area contributed by atoms with Crippen LogP contribution in [0.25, 0.3) is 11.1 Å². The van der Waals surface area contributed by atoms with Gasteiger partial charge in [0.2, 0.25) is 0 Å². The number of hydrogen-bond donors (Lipinski definition) is 0. The topological polar surface area (TPSA) is 27.7 Å². The molecule has 0 radical (unpaired) electrons. The summed E-state index contributed by atoms with van der Waals surface area (Å²) in [5.74, 6) is 0. The van der Waals surface area contributed by atoms with Crippen molar-refractivity contribution < 1.29 is 14.2 Å². The molecule has 0 bridgehead atoms. The van der Waals surface area contributed by atoms with Crippen LogP contribution in [0.1, 0.15) is 51.7 Å². The van der Waals surface area contributed by atoms with Gasteiger partial charge in [0.25, 0.3) is 0 Å². The van der Waals surface area contributed by atoms with Crippen LogP contribution in [0.5, 0.6) is 0 Å². The van der Waals surface area contributed by atoms with Crippen LogP contribution in [-0.2, 0) is 14.2 Å². The van der Waals surface area contributed by atoms with E-state index in [-0.39, 0.29) is 6.10 Å². The fourth-order valence-electron chi connectivity index (χ4n) is 1.97. The van der Waals surface area contributed by atoms with Gasteiger partial charge in [-0.1, -0.05) is 31.2 Å². The molecule has 3 heteroatoms. The van der Waals surface area contributed by atoms with E-state index in [1.54, 1.807) is 7.11 Å². The first-order valence-corrected chi connectivity index (χ1v) is 8.28. The van der Waals surface area contributed by atoms with Crippen molar-refractivity contribution >= 4 is 11.1 Å². The number of rotatable bonds is 10. The van der Waals surface area contributed by atoms with Gasteiger partial charge >= 0.3 is 0 Å². The minimum absolute atomic E-state index is 0.229. The number of ether oxygens (including phenoxy) is 3. The predicted molar refractivity (Wildman–Crippen MR) is 97.0 cm³/mol. The van der Waals surface area contributed by atoms with Crippen molar-refractivity contribution in [3.8, 4) is 0 Å². The first kappa shape index (κ1) is 19.3. The zero-order valence-corrected chi connectivity index (χ0v) is 15.1. The van der Waals surface area contributed by atoms with E-state index in [9.17, 15) is 0 Å². The maximum atomic E-state index is 5.59. The van der Waals surface area contributed by atoms with Gasteiger partial charge in [0.05, 0.1) is 31.8 Å². The standard InChI is InChI=1S/C20H30O3/c1-6-12-22-14-16(2)19-7-9-20(10-8-19)17(3)15-23-13-11-18(4)21-5/h7-10,14-15,18H,6,11-13H2,1-5H3/b16-14+,17-15+. The van der Waals surface area contributed by atoms with Crippen molar-refractivity contribution in [1.82, 2.24) is 0 Å². The first-order chi connectivity index (χ1) is 11.1. The molecule has 0 aliphatic rings. The quantitative estimate of drug-likeness (QED) is 0.434. The Hall–Kier alpha value is -1.74. The highest BCUT2D eigenvalue weighted by Gasteiger charge is 2.01. The van der Waals surface area contributed by atoms with Gasteiger partial charge < -0.3 is 14.2 Å². The number of benzene rings is 1. The largest absolute Gasteiger partial charge is 0.501 e. The molecule has 0 saturated carbocycles. The highest BCUT2D eigenvalue weighted by Crippen LogP contribution is 2.19. The number of methoxy groups -OCH3 is 1. The average Bonchev–Trinajstić information content (AvgIpc) is 2.58. The molecule has 0 spiro atoms. The Morgan fingerprint density at radius 3 is 1.87 bits per heavy atom. The second kappa shape index (κ2) is 10.9. The summed E-state index contributed by atoms with van der Waals surface area (Å²) in [6, 6.07) is 8.44. The van der Waals surface area contributed by atoms with Gasteiger partial charge in [0.15, 0.2) is 0 Å². The van der Waals surface area contributed by atoms with E-state index in [1.807, 2.05) is 19.4 Å². The van der Waals surface area contributed by atoms with Crippen LogP contribution in [0.15, 0.2) is 36.8 Å². The summed E-state index contributed by atoms with van der Waals surface area (Å²) in [5, 5.41) is 0. The van der Waals surface area contributed by atoms with Gasteiger partial charge in [-0.25, -0.2) is 0 Å². The van der Waals surface area contributed by atoms with Gasteiger partial charge in [-0.3, -0.25) is 0 Å². The van der Waals surface area contributed by atoms with E-state index < -0.39 is 0 Å². The predicted octanol–water partition coefficient (Wildman–Crippen LogP) is 5.28. The van der Waals surface area contributed by atoms with E-state index in [0.29, 0.717) is 6.61 Å². The summed E-state index contributed by atoms with van der Waals surface area (Å²) in [6.07, 6.45) is 5.80. The Kier molecular flexibility index (Phi) is 9.15. The maximum Gasteiger partial charge on any atom is 0.0898 e. The lowest BCUT2D eigenvalue weighted by molar-refractivity contribution is 0.0877. The number of hydrogen-bond acceptors (Lipinski definition) is 3. The first-order valence-electron chi connectivity index (χ1n) is 8.28. The fraction of sp³-hybridized carbons (Fsp3) is 0.500. The van der Waals surface area contributed by atoms with Gasteiger partial charge in [-0.15, -0.1) is 0 Å². The molecule has 1 aromatic carbocycles. The summed E-state index contributed by atoms with van der Waals surface area (Å²) in [5.41, 5.74) is 4.59. The summed E-state index contributed by atoms with van der Waals surface area (Å²) >= 11 is 0. The van der Waals surface area contributed by atoms with E-state index in [1.165, 1.54) is 5.56 Å². The van der Waals surface area contributed by atoms with E-state index in [0.717, 1.165) is 36.2 Å². The van der Waals surface area contributed by atoms with E-state index in [4.69, 9.17) is 14.2 Å². The molecule has 0 aromatic heterocycles. The van der Waals surface area contributed by atoms with Crippen molar-refractivity contribution in [3.63, 3.8) is 0 Å². The van der Waals surface area contributed by atoms with Crippen molar-refractivity contribution in [2.75, 3.05) is 20.3 Å². The van der Waals surface area contributed by atoms with Gasteiger partial charge in [-0.05, 0) is 49.5 Å². The third kappa shape index (κ3) is 7.38. The molecule has 1 aromatic rings. The second-order valence-corrected chi connectivity index (χ2v) is 5.76. The summed E-state index contributed by atoms with van der Waals surface area (Å²) in [6.45, 7) is 9.69. The summed E-state index contributed by atoms with van der Waals surface area (Å²) in [7, 11) is 1.72. The average molecular weight is 318 g/mol. The van der Waals surface area contributed by atoms with Crippen LogP contribution in [0.2, 0.25) is 0 Å². The van der Waals surface area contributed by atoms with Gasteiger partial charge in [-0.2, -0.15) is 0 Å². The molecule has 0 saturated heterocycles. The number of allylic oxidation sites excluding steroid dienone is 2. The molecular weight excluding hydrogens is 288 g/mol. The molecule has 0 heterocycles. The molecular formula is C20H30O3. The second-order valence-electron chi connectivity index (χ2n) is 5.76. The van der Waals surface area contributed by atoms with Gasteiger partial charge in [0.1, 0.15) is 0 Å². The molecule has 23 heavy (non-hydrogen) atoms. The van der Waals surface area contributed by atoms with Crippen LogP contribution < -0.4 is 0 Å². The third-order valence-electron chi connectivity index (χ3n) is 3.68. The molecule has 0 amide bonds. The van der Waals surface area contributed by atoms with Gasteiger partial charge in [0, 0.05) is 13.5 Å². The van der Waals surface area contributed by atoms with Crippen molar-refractivity contribution in [2.24, 2.45) is 0 Å². The SMILES string of the molecule is CCCO/C=C(\C)c1ccc(/C(C)=C/OCCC(C)OC)cc1. The summed E-state index contributed by atoms with van der Waals surface area (Å²) in [4.78, 5) is 0. The van der Waals surface area contributed by atoms with Crippen molar-refractivity contribution in [3.05, 3.63) is 47.9 Å². The Bertz CT molecular complexity index is 500. The highest BCUT2D eigenvalue weighted by molar-refractivity contribution is 5.68. The Balaban J connectivity index is 2.56. The van der Waals surface area contributed by atoms with E-state index >= 15 is 0 Å². The zero-order valence-electron chi connectivity index (χ0n) is 15.1. The Morgan fingerprint density at radius 2 is 1.43 bits per heavy atom. The van der Waals surface area contributed by atoms with Crippen LogP contribution in [0.4, 0.5) is 0 Å².